The van der Waals surface area contributed by atoms with Gasteiger partial charge in [-0.3, -0.25) is 0 Å². The van der Waals surface area contributed by atoms with Crippen molar-refractivity contribution in [2.45, 2.75) is 25.8 Å². The molecule has 1 fully saturated rings. The summed E-state index contributed by atoms with van der Waals surface area (Å²) >= 11 is 0. The molecule has 4 heteroatoms. The first-order valence-corrected chi connectivity index (χ1v) is 6.02. The van der Waals surface area contributed by atoms with E-state index >= 15 is 0 Å². The minimum Gasteiger partial charge on any atom is -0.467 e. The molecule has 1 heterocycles. The van der Waals surface area contributed by atoms with Gasteiger partial charge >= 0.3 is 5.97 Å². The summed E-state index contributed by atoms with van der Waals surface area (Å²) in [6.07, 6.45) is 1.73. The van der Waals surface area contributed by atoms with Crippen LogP contribution in [-0.4, -0.2) is 25.7 Å². The number of methoxy groups -OCH3 is 1. The molecular formula is C14H16N2O2. The molecule has 2 rings (SSSR count). The number of carbonyl (C=O) groups is 1. The standard InChI is InChI=1S/C14H16N2O2/c1-10-5-6-11(9-15)13(8-10)16-7-3-4-12(16)14(17)18-2/h5-6,8,12H,3-4,7H2,1-2H3. The van der Waals surface area contributed by atoms with Gasteiger partial charge in [0, 0.05) is 6.54 Å². The van der Waals surface area contributed by atoms with E-state index in [2.05, 4.69) is 6.07 Å². The second-order valence-electron chi connectivity index (χ2n) is 4.51. The maximum Gasteiger partial charge on any atom is 0.328 e. The maximum absolute atomic E-state index is 11.7. The van der Waals surface area contributed by atoms with Crippen LogP contribution in [0, 0.1) is 18.3 Å². The van der Waals surface area contributed by atoms with E-state index in [0.29, 0.717) is 5.56 Å². The molecule has 0 bridgehead atoms. The minimum absolute atomic E-state index is 0.224. The van der Waals surface area contributed by atoms with Crippen LogP contribution in [0.5, 0.6) is 0 Å². The number of hydrogen-bond donors (Lipinski definition) is 0. The Labute approximate surface area is 107 Å². The largest absolute Gasteiger partial charge is 0.467 e. The van der Waals surface area contributed by atoms with Gasteiger partial charge in [-0.2, -0.15) is 5.26 Å². The predicted octanol–water partition coefficient (Wildman–Crippen LogP) is 2.01. The number of aryl methyl sites for hydroxylation is 1. The molecule has 1 aromatic carbocycles. The number of nitrogens with zero attached hydrogens (tertiary/aromatic N) is 2. The van der Waals surface area contributed by atoms with Crippen molar-refractivity contribution in [3.63, 3.8) is 0 Å². The second-order valence-corrected chi connectivity index (χ2v) is 4.51. The molecule has 0 spiro atoms. The number of esters is 1. The van der Waals surface area contributed by atoms with Crippen molar-refractivity contribution in [2.75, 3.05) is 18.6 Å². The van der Waals surface area contributed by atoms with Crippen molar-refractivity contribution in [3.8, 4) is 6.07 Å². The van der Waals surface area contributed by atoms with Crippen LogP contribution in [0.3, 0.4) is 0 Å². The highest BCUT2D eigenvalue weighted by atomic mass is 16.5. The molecule has 0 aromatic heterocycles. The minimum atomic E-state index is -0.260. The second kappa shape index (κ2) is 5.09. The molecule has 1 aromatic rings. The molecule has 0 radical (unpaired) electrons. The summed E-state index contributed by atoms with van der Waals surface area (Å²) in [4.78, 5) is 13.7. The van der Waals surface area contributed by atoms with E-state index in [1.54, 1.807) is 6.07 Å². The predicted molar refractivity (Wildman–Crippen MR) is 68.3 cm³/mol. The highest BCUT2D eigenvalue weighted by molar-refractivity contribution is 5.81. The zero-order chi connectivity index (χ0) is 13.1. The maximum atomic E-state index is 11.7. The fourth-order valence-corrected chi connectivity index (χ4v) is 2.41. The van der Waals surface area contributed by atoms with Crippen LogP contribution >= 0.6 is 0 Å². The van der Waals surface area contributed by atoms with Crippen LogP contribution in [0.2, 0.25) is 0 Å². The van der Waals surface area contributed by atoms with Crippen LogP contribution in [0.4, 0.5) is 5.69 Å². The van der Waals surface area contributed by atoms with Crippen LogP contribution in [0.15, 0.2) is 18.2 Å². The zero-order valence-electron chi connectivity index (χ0n) is 10.6. The quantitative estimate of drug-likeness (QED) is 0.747. The number of nitriles is 1. The van der Waals surface area contributed by atoms with E-state index < -0.39 is 0 Å². The Kier molecular flexibility index (Phi) is 3.52. The fraction of sp³-hybridized carbons (Fsp3) is 0.429. The molecule has 0 saturated carbocycles. The SMILES string of the molecule is COC(=O)C1CCCN1c1cc(C)ccc1C#N. The summed E-state index contributed by atoms with van der Waals surface area (Å²) in [6, 6.07) is 7.59. The van der Waals surface area contributed by atoms with E-state index in [1.807, 2.05) is 24.0 Å². The van der Waals surface area contributed by atoms with Gasteiger partial charge in [0.15, 0.2) is 0 Å². The van der Waals surface area contributed by atoms with Crippen molar-refractivity contribution in [1.29, 1.82) is 5.26 Å². The average molecular weight is 244 g/mol. The zero-order valence-corrected chi connectivity index (χ0v) is 10.6. The number of rotatable bonds is 2. The van der Waals surface area contributed by atoms with Crippen molar-refractivity contribution >= 4 is 11.7 Å². The van der Waals surface area contributed by atoms with Crippen LogP contribution in [0.1, 0.15) is 24.0 Å². The molecule has 0 amide bonds. The van der Waals surface area contributed by atoms with Gasteiger partial charge in [0.25, 0.3) is 0 Å². The Bertz CT molecular complexity index is 505. The van der Waals surface area contributed by atoms with Crippen LogP contribution < -0.4 is 4.90 Å². The summed E-state index contributed by atoms with van der Waals surface area (Å²) < 4.78 is 4.83. The van der Waals surface area contributed by atoms with E-state index in [-0.39, 0.29) is 12.0 Å². The number of anilines is 1. The third-order valence-electron chi connectivity index (χ3n) is 3.31. The molecular weight excluding hydrogens is 228 g/mol. The Morgan fingerprint density at radius 1 is 1.56 bits per heavy atom. The van der Waals surface area contributed by atoms with Gasteiger partial charge in [0.1, 0.15) is 12.1 Å². The van der Waals surface area contributed by atoms with Crippen molar-refractivity contribution < 1.29 is 9.53 Å². The topological polar surface area (TPSA) is 53.3 Å². The van der Waals surface area contributed by atoms with E-state index in [1.165, 1.54) is 7.11 Å². The summed E-state index contributed by atoms with van der Waals surface area (Å²) in [7, 11) is 1.40. The van der Waals surface area contributed by atoms with Crippen molar-refractivity contribution in [2.24, 2.45) is 0 Å². The van der Waals surface area contributed by atoms with Crippen molar-refractivity contribution in [3.05, 3.63) is 29.3 Å². The molecule has 1 aliphatic rings. The van der Waals surface area contributed by atoms with Gasteiger partial charge in [0.2, 0.25) is 0 Å². The third-order valence-corrected chi connectivity index (χ3v) is 3.31. The Balaban J connectivity index is 2.39. The summed E-state index contributed by atoms with van der Waals surface area (Å²) in [5.74, 6) is -0.224. The molecule has 0 N–H and O–H groups in total. The average Bonchev–Trinajstić information content (AvgIpc) is 2.86. The summed E-state index contributed by atoms with van der Waals surface area (Å²) in [6.45, 7) is 2.77. The molecule has 18 heavy (non-hydrogen) atoms. The first kappa shape index (κ1) is 12.4. The van der Waals surface area contributed by atoms with Gasteiger partial charge in [-0.05, 0) is 37.5 Å². The van der Waals surface area contributed by atoms with Gasteiger partial charge in [-0.25, -0.2) is 4.79 Å². The highest BCUT2D eigenvalue weighted by Crippen LogP contribution is 2.29. The van der Waals surface area contributed by atoms with E-state index in [4.69, 9.17) is 10.00 Å². The lowest BCUT2D eigenvalue weighted by Crippen LogP contribution is -2.37. The lowest BCUT2D eigenvalue weighted by Gasteiger charge is -2.26. The van der Waals surface area contributed by atoms with Crippen LogP contribution in [0.25, 0.3) is 0 Å². The smallest absolute Gasteiger partial charge is 0.328 e. The monoisotopic (exact) mass is 244 g/mol. The normalized spacial score (nSPS) is 18.5. The molecule has 94 valence electrons. The number of carbonyl (C=O) groups excluding carboxylic acids is 1. The van der Waals surface area contributed by atoms with Gasteiger partial charge < -0.3 is 9.64 Å². The Hall–Kier alpha value is -2.02. The van der Waals surface area contributed by atoms with Gasteiger partial charge in [-0.1, -0.05) is 6.07 Å². The molecule has 4 nitrogen and oxygen atoms in total. The lowest BCUT2D eigenvalue weighted by molar-refractivity contribution is -0.141. The number of ether oxygens (including phenoxy) is 1. The van der Waals surface area contributed by atoms with Gasteiger partial charge in [-0.15, -0.1) is 0 Å². The Morgan fingerprint density at radius 2 is 2.33 bits per heavy atom. The molecule has 1 unspecified atom stereocenters. The summed E-state index contributed by atoms with van der Waals surface area (Å²) in [5, 5.41) is 9.16. The lowest BCUT2D eigenvalue weighted by atomic mass is 10.1. The molecule has 1 atom stereocenters. The van der Waals surface area contributed by atoms with Gasteiger partial charge in [0.05, 0.1) is 18.4 Å². The molecule has 0 aliphatic carbocycles. The first-order chi connectivity index (χ1) is 8.67. The van der Waals surface area contributed by atoms with Crippen molar-refractivity contribution in [1.82, 2.24) is 0 Å². The van der Waals surface area contributed by atoms with E-state index in [0.717, 1.165) is 30.6 Å². The Morgan fingerprint density at radius 3 is 3.00 bits per heavy atom. The molecule has 1 aliphatic heterocycles. The number of hydrogen-bond acceptors (Lipinski definition) is 4. The summed E-state index contributed by atoms with van der Waals surface area (Å²) in [5.41, 5.74) is 2.53. The third kappa shape index (κ3) is 2.17. The highest BCUT2D eigenvalue weighted by Gasteiger charge is 2.32. The van der Waals surface area contributed by atoms with Crippen LogP contribution in [-0.2, 0) is 9.53 Å². The number of benzene rings is 1. The van der Waals surface area contributed by atoms with E-state index in [9.17, 15) is 4.79 Å². The molecule has 1 saturated heterocycles. The fourth-order valence-electron chi connectivity index (χ4n) is 2.41. The first-order valence-electron chi connectivity index (χ1n) is 6.02.